The summed E-state index contributed by atoms with van der Waals surface area (Å²) >= 11 is 3.18. The molecule has 0 saturated carbocycles. The second kappa shape index (κ2) is 6.61. The number of halogens is 1. The highest BCUT2D eigenvalue weighted by Crippen LogP contribution is 2.17. The van der Waals surface area contributed by atoms with Gasteiger partial charge in [0.1, 0.15) is 17.5 Å². The molecule has 0 aromatic heterocycles. The third-order valence-corrected chi connectivity index (χ3v) is 1.67. The van der Waals surface area contributed by atoms with E-state index in [1.165, 1.54) is 6.92 Å². The first kappa shape index (κ1) is 14.2. The molecule has 0 aliphatic rings. The molecule has 0 aromatic carbocycles. The Labute approximate surface area is 97.8 Å². The molecule has 4 nitrogen and oxygen atoms in total. The molecule has 0 spiro atoms. The Morgan fingerprint density at radius 2 is 1.67 bits per heavy atom. The summed E-state index contributed by atoms with van der Waals surface area (Å²) in [6.07, 6.45) is 3.25. The van der Waals surface area contributed by atoms with Gasteiger partial charge in [0.25, 0.3) is 0 Å². The van der Waals surface area contributed by atoms with E-state index >= 15 is 0 Å². The van der Waals surface area contributed by atoms with Crippen LogP contribution in [0.1, 0.15) is 20.8 Å². The molecule has 0 heterocycles. The van der Waals surface area contributed by atoms with Gasteiger partial charge in [0.15, 0.2) is 0 Å². The molecule has 0 atom stereocenters. The van der Waals surface area contributed by atoms with Crippen LogP contribution in [0.4, 0.5) is 0 Å². The van der Waals surface area contributed by atoms with Crippen LogP contribution in [0.25, 0.3) is 0 Å². The van der Waals surface area contributed by atoms with E-state index in [0.29, 0.717) is 0 Å². The molecule has 0 aliphatic carbocycles. The van der Waals surface area contributed by atoms with Gasteiger partial charge in [-0.2, -0.15) is 0 Å². The second-order valence-electron chi connectivity index (χ2n) is 3.34. The lowest BCUT2D eigenvalue weighted by molar-refractivity contribution is -0.144. The van der Waals surface area contributed by atoms with Crippen LogP contribution in [-0.2, 0) is 19.1 Å². The lowest BCUT2D eigenvalue weighted by Gasteiger charge is -2.13. The zero-order valence-electron chi connectivity index (χ0n) is 9.08. The van der Waals surface area contributed by atoms with Crippen LogP contribution in [0.2, 0.25) is 0 Å². The lowest BCUT2D eigenvalue weighted by Crippen LogP contribution is -2.26. The number of rotatable bonds is 5. The van der Waals surface area contributed by atoms with Gasteiger partial charge in [0.05, 0.1) is 0 Å². The number of carbonyl (C=O) groups is 2. The Bertz CT molecular complexity index is 253. The van der Waals surface area contributed by atoms with Gasteiger partial charge in [-0.3, -0.25) is 9.59 Å². The minimum atomic E-state index is -0.670. The van der Waals surface area contributed by atoms with E-state index < -0.39 is 4.32 Å². The quantitative estimate of drug-likeness (QED) is 0.437. The molecular weight excluding hydrogens is 264 g/mol. The van der Waals surface area contributed by atoms with E-state index in [4.69, 9.17) is 4.74 Å². The molecule has 0 bridgehead atoms. The number of alkyl halides is 1. The fourth-order valence-corrected chi connectivity index (χ4v) is 0.711. The molecule has 0 unspecified atom stereocenters. The van der Waals surface area contributed by atoms with Crippen LogP contribution in [0.5, 0.6) is 0 Å². The standard InChI is InChI=1S/C10H15BrO4/c1-8(12)14-6-4-5-7-15-9(13)10(2,3)11/h4-5H,6-7H2,1-3H3/b5-4+. The fourth-order valence-electron chi connectivity index (χ4n) is 0.597. The third kappa shape index (κ3) is 8.17. The first-order valence-electron chi connectivity index (χ1n) is 4.48. The highest BCUT2D eigenvalue weighted by molar-refractivity contribution is 9.10. The Balaban J connectivity index is 3.62. The number of carbonyl (C=O) groups excluding carboxylic acids is 2. The minimum Gasteiger partial charge on any atom is -0.462 e. The summed E-state index contributed by atoms with van der Waals surface area (Å²) in [5.74, 6) is -0.669. The fraction of sp³-hybridized carbons (Fsp3) is 0.600. The summed E-state index contributed by atoms with van der Waals surface area (Å²) in [4.78, 5) is 21.6. The number of hydrogen-bond donors (Lipinski definition) is 0. The lowest BCUT2D eigenvalue weighted by atomic mass is 10.2. The van der Waals surface area contributed by atoms with Crippen LogP contribution in [-0.4, -0.2) is 29.5 Å². The molecule has 0 radical (unpaired) electrons. The van der Waals surface area contributed by atoms with Crippen LogP contribution >= 0.6 is 15.9 Å². The first-order chi connectivity index (χ1) is 6.84. The van der Waals surface area contributed by atoms with Crippen molar-refractivity contribution in [2.75, 3.05) is 13.2 Å². The first-order valence-corrected chi connectivity index (χ1v) is 5.28. The predicted octanol–water partition coefficient (Wildman–Crippen LogP) is 1.82. The summed E-state index contributed by atoms with van der Waals surface area (Å²) in [7, 11) is 0. The third-order valence-electron chi connectivity index (χ3n) is 1.35. The van der Waals surface area contributed by atoms with E-state index in [1.807, 2.05) is 0 Å². The zero-order chi connectivity index (χ0) is 11.9. The number of esters is 2. The van der Waals surface area contributed by atoms with Crippen molar-refractivity contribution in [2.45, 2.75) is 25.1 Å². The Kier molecular flexibility index (Phi) is 6.24. The van der Waals surface area contributed by atoms with Crippen molar-refractivity contribution in [3.63, 3.8) is 0 Å². The highest BCUT2D eigenvalue weighted by Gasteiger charge is 2.24. The van der Waals surface area contributed by atoms with Crippen LogP contribution in [0, 0.1) is 0 Å². The molecule has 0 rings (SSSR count). The van der Waals surface area contributed by atoms with Crippen molar-refractivity contribution in [3.8, 4) is 0 Å². The molecule has 0 aliphatic heterocycles. The van der Waals surface area contributed by atoms with Gasteiger partial charge < -0.3 is 9.47 Å². The van der Waals surface area contributed by atoms with Crippen molar-refractivity contribution < 1.29 is 19.1 Å². The molecule has 0 N–H and O–H groups in total. The molecule has 86 valence electrons. The molecule has 5 heteroatoms. The van der Waals surface area contributed by atoms with E-state index in [2.05, 4.69) is 20.7 Å². The largest absolute Gasteiger partial charge is 0.462 e. The van der Waals surface area contributed by atoms with Crippen molar-refractivity contribution in [1.29, 1.82) is 0 Å². The minimum absolute atomic E-state index is 0.176. The molecule has 0 fully saturated rings. The highest BCUT2D eigenvalue weighted by atomic mass is 79.9. The summed E-state index contributed by atoms with van der Waals surface area (Å²) in [6.45, 7) is 5.12. The SMILES string of the molecule is CC(=O)OC/C=C/COC(=O)C(C)(C)Br. The average molecular weight is 279 g/mol. The van der Waals surface area contributed by atoms with E-state index in [0.717, 1.165) is 0 Å². The Morgan fingerprint density at radius 3 is 2.07 bits per heavy atom. The van der Waals surface area contributed by atoms with Gasteiger partial charge in [-0.05, 0) is 26.0 Å². The Hall–Kier alpha value is -0.840. The zero-order valence-corrected chi connectivity index (χ0v) is 10.7. The van der Waals surface area contributed by atoms with Crippen molar-refractivity contribution in [3.05, 3.63) is 12.2 Å². The molecule has 0 amide bonds. The molecular formula is C10H15BrO4. The van der Waals surface area contributed by atoms with E-state index in [9.17, 15) is 9.59 Å². The molecule has 0 saturated heterocycles. The van der Waals surface area contributed by atoms with Gasteiger partial charge in [-0.15, -0.1) is 0 Å². The number of hydrogen-bond acceptors (Lipinski definition) is 4. The normalized spacial score (nSPS) is 11.5. The summed E-state index contributed by atoms with van der Waals surface area (Å²) in [5.41, 5.74) is 0. The average Bonchev–Trinajstić information content (AvgIpc) is 2.08. The van der Waals surface area contributed by atoms with Crippen LogP contribution in [0.15, 0.2) is 12.2 Å². The van der Waals surface area contributed by atoms with Gasteiger partial charge in [-0.1, -0.05) is 15.9 Å². The predicted molar refractivity (Wildman–Crippen MR) is 59.7 cm³/mol. The maximum atomic E-state index is 11.2. The van der Waals surface area contributed by atoms with Gasteiger partial charge in [0.2, 0.25) is 0 Å². The van der Waals surface area contributed by atoms with Crippen LogP contribution in [0.3, 0.4) is 0 Å². The van der Waals surface area contributed by atoms with Crippen LogP contribution < -0.4 is 0 Å². The molecule has 15 heavy (non-hydrogen) atoms. The van der Waals surface area contributed by atoms with Gasteiger partial charge >= 0.3 is 11.9 Å². The Morgan fingerprint density at radius 1 is 1.20 bits per heavy atom. The summed E-state index contributed by atoms with van der Waals surface area (Å²) in [6, 6.07) is 0. The smallest absolute Gasteiger partial charge is 0.322 e. The monoisotopic (exact) mass is 278 g/mol. The maximum Gasteiger partial charge on any atom is 0.322 e. The van der Waals surface area contributed by atoms with Gasteiger partial charge in [-0.25, -0.2) is 0 Å². The topological polar surface area (TPSA) is 52.6 Å². The summed E-state index contributed by atoms with van der Waals surface area (Å²) in [5, 5.41) is 0. The van der Waals surface area contributed by atoms with E-state index in [1.54, 1.807) is 26.0 Å². The van der Waals surface area contributed by atoms with Crippen molar-refractivity contribution in [1.82, 2.24) is 0 Å². The maximum absolute atomic E-state index is 11.2. The second-order valence-corrected chi connectivity index (χ2v) is 5.33. The number of ether oxygens (including phenoxy) is 2. The van der Waals surface area contributed by atoms with Gasteiger partial charge in [0, 0.05) is 6.92 Å². The van der Waals surface area contributed by atoms with Crippen molar-refractivity contribution in [2.24, 2.45) is 0 Å². The van der Waals surface area contributed by atoms with Crippen molar-refractivity contribution >= 4 is 27.9 Å². The summed E-state index contributed by atoms with van der Waals surface area (Å²) < 4.78 is 8.87. The molecule has 0 aromatic rings. The van der Waals surface area contributed by atoms with E-state index in [-0.39, 0.29) is 25.2 Å².